The summed E-state index contributed by atoms with van der Waals surface area (Å²) in [5.74, 6) is 1.03. The Bertz CT molecular complexity index is 1340. The van der Waals surface area contributed by atoms with Gasteiger partial charge in [-0.25, -0.2) is 9.97 Å². The van der Waals surface area contributed by atoms with Gasteiger partial charge in [0.05, 0.1) is 11.4 Å². The largest absolute Gasteiger partial charge is 0.357 e. The number of aromatic nitrogens is 2. The van der Waals surface area contributed by atoms with E-state index in [2.05, 4.69) is 85.7 Å². The van der Waals surface area contributed by atoms with E-state index in [1.165, 1.54) is 36.0 Å². The summed E-state index contributed by atoms with van der Waals surface area (Å²) in [5.41, 5.74) is 10.4. The van der Waals surface area contributed by atoms with Crippen LogP contribution in [0.4, 0.5) is 5.82 Å². The maximum atomic E-state index is 4.94. The molecule has 3 aromatic rings. The van der Waals surface area contributed by atoms with Crippen LogP contribution in [-0.4, -0.2) is 28.1 Å². The quantitative estimate of drug-likeness (QED) is 0.624. The Kier molecular flexibility index (Phi) is 6.03. The van der Waals surface area contributed by atoms with E-state index < -0.39 is 0 Å². The third kappa shape index (κ3) is 4.04. The highest BCUT2D eigenvalue weighted by Gasteiger charge is 2.30. The lowest BCUT2D eigenvalue weighted by Crippen LogP contribution is -2.37. The number of nitrogens with one attached hydrogen (secondary N) is 1. The van der Waals surface area contributed by atoms with Gasteiger partial charge in [0.15, 0.2) is 5.65 Å². The molecule has 4 heterocycles. The minimum absolute atomic E-state index is 0.192. The molecule has 0 bridgehead atoms. The van der Waals surface area contributed by atoms with Crippen molar-refractivity contribution in [2.24, 2.45) is 0 Å². The number of piperidine rings is 1. The molecule has 2 saturated heterocycles. The molecule has 1 N–H and O–H groups in total. The molecule has 2 aromatic heterocycles. The lowest BCUT2D eigenvalue weighted by atomic mass is 9.99. The van der Waals surface area contributed by atoms with Crippen molar-refractivity contribution in [3.63, 3.8) is 0 Å². The smallest absolute Gasteiger partial charge is 0.162 e. The number of rotatable bonds is 4. The van der Waals surface area contributed by atoms with E-state index in [1.54, 1.807) is 0 Å². The summed E-state index contributed by atoms with van der Waals surface area (Å²) in [6, 6.07) is 13.3. The third-order valence-corrected chi connectivity index (χ3v) is 7.33. The van der Waals surface area contributed by atoms with Crippen molar-refractivity contribution in [2.75, 3.05) is 18.0 Å². The second-order valence-corrected chi connectivity index (χ2v) is 9.66. The Morgan fingerprint density at radius 1 is 1.03 bits per heavy atom. The Morgan fingerprint density at radius 3 is 2.47 bits per heavy atom. The van der Waals surface area contributed by atoms with E-state index in [4.69, 9.17) is 9.97 Å². The molecule has 5 nitrogen and oxygen atoms in total. The molecule has 2 aliphatic heterocycles. The maximum absolute atomic E-state index is 4.94. The third-order valence-electron chi connectivity index (χ3n) is 7.33. The summed E-state index contributed by atoms with van der Waals surface area (Å²) in [7, 11) is 0. The average Bonchev–Trinajstić information content (AvgIpc) is 3.29. The van der Waals surface area contributed by atoms with Crippen molar-refractivity contribution in [3.05, 3.63) is 75.9 Å². The van der Waals surface area contributed by atoms with Crippen LogP contribution >= 0.6 is 0 Å². The molecule has 5 heteroatoms. The number of allylic oxidation sites excluding steroid dienone is 1. The lowest BCUT2D eigenvalue weighted by molar-refractivity contribution is 0.253. The van der Waals surface area contributed by atoms with Crippen molar-refractivity contribution in [1.29, 1.82) is 0 Å². The highest BCUT2D eigenvalue weighted by atomic mass is 15.6. The van der Waals surface area contributed by atoms with Gasteiger partial charge in [0.25, 0.3) is 0 Å². The van der Waals surface area contributed by atoms with Crippen LogP contribution in [0.3, 0.4) is 0 Å². The molecule has 0 saturated carbocycles. The Labute approximate surface area is 202 Å². The molecule has 0 amide bonds. The molecule has 0 radical (unpaired) electrons. The Balaban J connectivity index is 1.59. The first-order valence-corrected chi connectivity index (χ1v) is 12.5. The zero-order valence-electron chi connectivity index (χ0n) is 20.7. The van der Waals surface area contributed by atoms with Gasteiger partial charge in [-0.05, 0) is 62.8 Å². The summed E-state index contributed by atoms with van der Waals surface area (Å²) >= 11 is 0. The van der Waals surface area contributed by atoms with E-state index in [-0.39, 0.29) is 6.04 Å². The van der Waals surface area contributed by atoms with E-state index in [1.807, 2.05) is 0 Å². The molecule has 1 unspecified atom stereocenters. The van der Waals surface area contributed by atoms with Crippen molar-refractivity contribution in [2.45, 2.75) is 58.9 Å². The van der Waals surface area contributed by atoms with E-state index >= 15 is 0 Å². The molecule has 0 aliphatic carbocycles. The molecule has 1 atom stereocenters. The Morgan fingerprint density at radius 2 is 1.76 bits per heavy atom. The van der Waals surface area contributed by atoms with Crippen LogP contribution in [0.15, 0.2) is 48.7 Å². The summed E-state index contributed by atoms with van der Waals surface area (Å²) in [5, 5.41) is 5.20. The minimum Gasteiger partial charge on any atom is -0.357 e. The van der Waals surface area contributed by atoms with Crippen LogP contribution in [0.1, 0.15) is 61.8 Å². The van der Waals surface area contributed by atoms with Gasteiger partial charge in [-0.15, -0.1) is 0 Å². The summed E-state index contributed by atoms with van der Waals surface area (Å²) in [4.78, 5) is 12.2. The van der Waals surface area contributed by atoms with Gasteiger partial charge in [0.2, 0.25) is 0 Å². The number of nitrogens with zero attached hydrogens (tertiary/aromatic N) is 4. The van der Waals surface area contributed by atoms with Gasteiger partial charge < -0.3 is 10.3 Å². The molecule has 34 heavy (non-hydrogen) atoms. The molecule has 2 fully saturated rings. The fraction of sp³-hybridized carbons (Fsp3) is 0.379. The molecule has 0 spiro atoms. The van der Waals surface area contributed by atoms with Crippen LogP contribution in [-0.2, 0) is 0 Å². The number of pyridine rings is 2. The predicted octanol–water partition coefficient (Wildman–Crippen LogP) is 4.63. The molecular formula is C29H35N5. The number of hydrazine groups is 1. The standard InChI is InChI=1S/C29H35N5/c1-6-20(3)34-26(23-12-10-19(2)11-13-23)18-25(32-34)28-21(4)24-14-15-27(31-29(24)30-22(28)5)33-16-8-7-9-17-33/h10-15,26,32H,3,5-9,16-18H2,1-2,4H3. The fourth-order valence-electron chi connectivity index (χ4n) is 5.29. The fourth-order valence-corrected chi connectivity index (χ4v) is 5.29. The summed E-state index contributed by atoms with van der Waals surface area (Å²) in [6.45, 7) is 17.3. The van der Waals surface area contributed by atoms with E-state index in [0.29, 0.717) is 0 Å². The number of anilines is 1. The van der Waals surface area contributed by atoms with Crippen molar-refractivity contribution in [1.82, 2.24) is 20.4 Å². The zero-order chi connectivity index (χ0) is 23.8. The van der Waals surface area contributed by atoms with Gasteiger partial charge in [0.1, 0.15) is 5.82 Å². The number of hydrogen-bond acceptors (Lipinski definition) is 5. The lowest BCUT2D eigenvalue weighted by Gasteiger charge is -2.28. The monoisotopic (exact) mass is 453 g/mol. The predicted molar refractivity (Wildman–Crippen MR) is 141 cm³/mol. The minimum atomic E-state index is 0.192. The molecule has 176 valence electrons. The van der Waals surface area contributed by atoms with Gasteiger partial charge in [-0.3, -0.25) is 5.01 Å². The SMILES string of the molecule is C=C(CC)N1NC(=c2c(C)c3ccc(N4CCCCC4)nc3nc2=C)CC1c1ccc(C)cc1. The zero-order valence-corrected chi connectivity index (χ0v) is 20.7. The first-order valence-electron chi connectivity index (χ1n) is 12.5. The van der Waals surface area contributed by atoms with Crippen molar-refractivity contribution in [3.8, 4) is 0 Å². The summed E-state index contributed by atoms with van der Waals surface area (Å²) < 4.78 is 0. The van der Waals surface area contributed by atoms with Crippen LogP contribution in [0.5, 0.6) is 0 Å². The van der Waals surface area contributed by atoms with Crippen molar-refractivity contribution >= 4 is 29.1 Å². The topological polar surface area (TPSA) is 44.3 Å². The Hall–Kier alpha value is -3.34. The van der Waals surface area contributed by atoms with Gasteiger partial charge >= 0.3 is 0 Å². The van der Waals surface area contributed by atoms with Crippen LogP contribution in [0.25, 0.3) is 23.3 Å². The highest BCUT2D eigenvalue weighted by Crippen LogP contribution is 2.35. The van der Waals surface area contributed by atoms with Crippen LogP contribution < -0.4 is 20.9 Å². The first-order chi connectivity index (χ1) is 16.5. The number of aryl methyl sites for hydroxylation is 2. The first kappa shape index (κ1) is 22.5. The van der Waals surface area contributed by atoms with Gasteiger partial charge in [0, 0.05) is 41.5 Å². The molecule has 2 aliphatic rings. The van der Waals surface area contributed by atoms with E-state index in [9.17, 15) is 0 Å². The summed E-state index contributed by atoms with van der Waals surface area (Å²) in [6.07, 6.45) is 5.52. The maximum Gasteiger partial charge on any atom is 0.162 e. The van der Waals surface area contributed by atoms with Crippen molar-refractivity contribution < 1.29 is 0 Å². The number of hydrogen-bond donors (Lipinski definition) is 1. The second-order valence-electron chi connectivity index (χ2n) is 9.66. The number of benzene rings is 1. The molecule has 5 rings (SSSR count). The van der Waals surface area contributed by atoms with Crippen LogP contribution in [0.2, 0.25) is 0 Å². The molecule has 1 aromatic carbocycles. The van der Waals surface area contributed by atoms with Gasteiger partial charge in [-0.2, -0.15) is 0 Å². The normalized spacial score (nSPS) is 20.0. The van der Waals surface area contributed by atoms with Crippen LogP contribution in [0, 0.1) is 13.8 Å². The second kappa shape index (κ2) is 9.13. The highest BCUT2D eigenvalue weighted by molar-refractivity contribution is 5.81. The van der Waals surface area contributed by atoms with Gasteiger partial charge in [-0.1, -0.05) is 49.9 Å². The van der Waals surface area contributed by atoms with E-state index in [0.717, 1.165) is 64.7 Å². The molecular weight excluding hydrogens is 418 g/mol. The number of fused-ring (bicyclic) bond motifs is 1. The average molecular weight is 454 g/mol.